The molecule has 0 aliphatic carbocycles. The summed E-state index contributed by atoms with van der Waals surface area (Å²) in [6.07, 6.45) is 0.616. The third kappa shape index (κ3) is 2.59. The van der Waals surface area contributed by atoms with Gasteiger partial charge in [-0.1, -0.05) is 12.1 Å². The van der Waals surface area contributed by atoms with Gasteiger partial charge in [-0.2, -0.15) is 0 Å². The third-order valence-corrected chi connectivity index (χ3v) is 5.07. The minimum atomic E-state index is -0.672. The van der Waals surface area contributed by atoms with Gasteiger partial charge in [0.15, 0.2) is 0 Å². The minimum Gasteiger partial charge on any atom is -0.496 e. The van der Waals surface area contributed by atoms with Gasteiger partial charge >= 0.3 is 5.97 Å². The quantitative estimate of drug-likeness (QED) is 0.921. The van der Waals surface area contributed by atoms with Crippen LogP contribution in [0.5, 0.6) is 5.75 Å². The van der Waals surface area contributed by atoms with Gasteiger partial charge in [0.05, 0.1) is 19.1 Å². The zero-order chi connectivity index (χ0) is 15.7. The Morgan fingerprint density at radius 1 is 1.55 bits per heavy atom. The van der Waals surface area contributed by atoms with Crippen LogP contribution in [0.4, 0.5) is 0 Å². The van der Waals surface area contributed by atoms with Crippen molar-refractivity contribution in [3.8, 4) is 5.75 Å². The maximum Gasteiger partial charge on any atom is 0.311 e. The van der Waals surface area contributed by atoms with Crippen molar-refractivity contribution in [2.24, 2.45) is 11.3 Å². The number of carboxylic acid groups (broad SMARTS) is 1. The number of fused-ring (bicyclic) bond motifs is 1. The van der Waals surface area contributed by atoms with E-state index in [-0.39, 0.29) is 5.92 Å². The molecule has 1 aromatic carbocycles. The molecule has 1 N–H and O–H groups in total. The highest BCUT2D eigenvalue weighted by Gasteiger charge is 2.53. The lowest BCUT2D eigenvalue weighted by molar-refractivity contribution is -0.157. The maximum atomic E-state index is 11.8. The molecule has 0 unspecified atom stereocenters. The van der Waals surface area contributed by atoms with E-state index in [1.165, 1.54) is 5.56 Å². The van der Waals surface area contributed by atoms with E-state index >= 15 is 0 Å². The summed E-state index contributed by atoms with van der Waals surface area (Å²) in [7, 11) is 1.67. The van der Waals surface area contributed by atoms with E-state index in [4.69, 9.17) is 9.47 Å². The van der Waals surface area contributed by atoms with Crippen LogP contribution in [0.2, 0.25) is 0 Å². The second kappa shape index (κ2) is 5.89. The van der Waals surface area contributed by atoms with Crippen molar-refractivity contribution in [2.75, 3.05) is 33.4 Å². The molecule has 2 aliphatic heterocycles. The van der Waals surface area contributed by atoms with E-state index in [2.05, 4.69) is 17.0 Å². The van der Waals surface area contributed by atoms with Crippen LogP contribution < -0.4 is 4.74 Å². The molecule has 5 heteroatoms. The van der Waals surface area contributed by atoms with Gasteiger partial charge in [-0.25, -0.2) is 0 Å². The number of aliphatic carboxylic acids is 1. The van der Waals surface area contributed by atoms with Gasteiger partial charge in [0.1, 0.15) is 5.75 Å². The van der Waals surface area contributed by atoms with Gasteiger partial charge in [-0.05, 0) is 30.5 Å². The topological polar surface area (TPSA) is 59.0 Å². The lowest BCUT2D eigenvalue weighted by Gasteiger charge is -2.34. The molecule has 2 aliphatic rings. The number of likely N-dealkylation sites (tertiary alicyclic amines) is 1. The van der Waals surface area contributed by atoms with Crippen molar-refractivity contribution in [1.29, 1.82) is 0 Å². The molecule has 5 nitrogen and oxygen atoms in total. The average Bonchev–Trinajstić information content (AvgIpc) is 2.86. The summed E-state index contributed by atoms with van der Waals surface area (Å²) < 4.78 is 10.8. The standard InChI is InChI=1S/C17H23NO4/c1-12-7-13(3-4-15(12)21-2)8-18-9-14-10-22-6-5-17(14,11-18)16(19)20/h3-4,7,14H,5-6,8-11H2,1-2H3,(H,19,20)/t14-,17+/m1/s1. The first-order valence-corrected chi connectivity index (χ1v) is 7.72. The molecule has 2 atom stereocenters. The Morgan fingerprint density at radius 2 is 2.36 bits per heavy atom. The summed E-state index contributed by atoms with van der Waals surface area (Å²) in [6, 6.07) is 6.15. The summed E-state index contributed by atoms with van der Waals surface area (Å²) in [5.74, 6) is 0.307. The molecule has 2 saturated heterocycles. The predicted molar refractivity (Wildman–Crippen MR) is 82.0 cm³/mol. The summed E-state index contributed by atoms with van der Waals surface area (Å²) in [6.45, 7) is 5.32. The highest BCUT2D eigenvalue weighted by Crippen LogP contribution is 2.42. The molecule has 22 heavy (non-hydrogen) atoms. The van der Waals surface area contributed by atoms with Crippen molar-refractivity contribution >= 4 is 5.97 Å². The van der Waals surface area contributed by atoms with E-state index in [1.807, 2.05) is 13.0 Å². The van der Waals surface area contributed by atoms with Gasteiger partial charge < -0.3 is 14.6 Å². The van der Waals surface area contributed by atoms with Gasteiger partial charge in [0.25, 0.3) is 0 Å². The molecule has 120 valence electrons. The fraction of sp³-hybridized carbons (Fsp3) is 0.588. The second-order valence-corrected chi connectivity index (χ2v) is 6.46. The summed E-state index contributed by atoms with van der Waals surface area (Å²) in [4.78, 5) is 14.0. The molecule has 0 aromatic heterocycles. The first-order chi connectivity index (χ1) is 10.5. The zero-order valence-corrected chi connectivity index (χ0v) is 13.2. The number of aryl methyl sites for hydroxylation is 1. The molecule has 2 heterocycles. The third-order valence-electron chi connectivity index (χ3n) is 5.07. The summed E-state index contributed by atoms with van der Waals surface area (Å²) in [5, 5.41) is 9.70. The van der Waals surface area contributed by atoms with Crippen molar-refractivity contribution in [3.05, 3.63) is 29.3 Å². The Hall–Kier alpha value is -1.59. The highest BCUT2D eigenvalue weighted by molar-refractivity contribution is 5.76. The smallest absolute Gasteiger partial charge is 0.311 e. The van der Waals surface area contributed by atoms with E-state index in [0.29, 0.717) is 26.2 Å². The molecule has 0 radical (unpaired) electrons. The predicted octanol–water partition coefficient (Wildman–Crippen LogP) is 1.93. The monoisotopic (exact) mass is 305 g/mol. The van der Waals surface area contributed by atoms with Crippen LogP contribution in [0.25, 0.3) is 0 Å². The highest BCUT2D eigenvalue weighted by atomic mass is 16.5. The molecule has 3 rings (SSSR count). The van der Waals surface area contributed by atoms with Crippen LogP contribution in [-0.4, -0.2) is 49.4 Å². The first kappa shape index (κ1) is 15.3. The second-order valence-electron chi connectivity index (χ2n) is 6.46. The van der Waals surface area contributed by atoms with Crippen molar-refractivity contribution in [2.45, 2.75) is 19.9 Å². The Kier molecular flexibility index (Phi) is 4.10. The van der Waals surface area contributed by atoms with Crippen LogP contribution in [0.3, 0.4) is 0 Å². The van der Waals surface area contributed by atoms with Gasteiger partial charge in [0.2, 0.25) is 0 Å². The Morgan fingerprint density at radius 3 is 3.00 bits per heavy atom. The largest absolute Gasteiger partial charge is 0.496 e. The van der Waals surface area contributed by atoms with Crippen LogP contribution in [0.1, 0.15) is 17.5 Å². The van der Waals surface area contributed by atoms with E-state index < -0.39 is 11.4 Å². The number of ether oxygens (including phenoxy) is 2. The Balaban J connectivity index is 1.74. The van der Waals surface area contributed by atoms with Crippen LogP contribution in [0, 0.1) is 18.3 Å². The molecule has 0 spiro atoms. The van der Waals surface area contributed by atoms with Crippen LogP contribution >= 0.6 is 0 Å². The number of methoxy groups -OCH3 is 1. The number of carbonyl (C=O) groups is 1. The van der Waals surface area contributed by atoms with Gasteiger partial charge in [0, 0.05) is 32.2 Å². The number of nitrogens with zero attached hydrogens (tertiary/aromatic N) is 1. The number of carboxylic acids is 1. The molecule has 0 bridgehead atoms. The van der Waals surface area contributed by atoms with Crippen LogP contribution in [0.15, 0.2) is 18.2 Å². The molecule has 0 saturated carbocycles. The van der Waals surface area contributed by atoms with Crippen LogP contribution in [-0.2, 0) is 16.1 Å². The molecular formula is C17H23NO4. The Labute approximate surface area is 130 Å². The maximum absolute atomic E-state index is 11.8. The molecular weight excluding hydrogens is 282 g/mol. The average molecular weight is 305 g/mol. The fourth-order valence-corrected chi connectivity index (χ4v) is 3.82. The minimum absolute atomic E-state index is 0.0955. The van der Waals surface area contributed by atoms with E-state index in [9.17, 15) is 9.90 Å². The van der Waals surface area contributed by atoms with E-state index in [1.54, 1.807) is 7.11 Å². The van der Waals surface area contributed by atoms with Crippen molar-refractivity contribution in [1.82, 2.24) is 4.90 Å². The van der Waals surface area contributed by atoms with Crippen molar-refractivity contribution < 1.29 is 19.4 Å². The van der Waals surface area contributed by atoms with Crippen molar-refractivity contribution in [3.63, 3.8) is 0 Å². The summed E-state index contributed by atoms with van der Waals surface area (Å²) >= 11 is 0. The zero-order valence-electron chi connectivity index (χ0n) is 13.2. The van der Waals surface area contributed by atoms with E-state index in [0.717, 1.165) is 24.4 Å². The molecule has 2 fully saturated rings. The Bertz CT molecular complexity index is 574. The lowest BCUT2D eigenvalue weighted by atomic mass is 9.74. The lowest BCUT2D eigenvalue weighted by Crippen LogP contribution is -2.44. The first-order valence-electron chi connectivity index (χ1n) is 7.72. The van der Waals surface area contributed by atoms with Gasteiger partial charge in [-0.3, -0.25) is 9.69 Å². The number of benzene rings is 1. The number of rotatable bonds is 4. The normalized spacial score (nSPS) is 28.4. The fourth-order valence-electron chi connectivity index (χ4n) is 3.82. The molecule has 0 amide bonds. The number of hydrogen-bond acceptors (Lipinski definition) is 4. The SMILES string of the molecule is COc1ccc(CN2C[C@@H]3COCC[C@]3(C(=O)O)C2)cc1C. The number of hydrogen-bond donors (Lipinski definition) is 1. The summed E-state index contributed by atoms with van der Waals surface area (Å²) in [5.41, 5.74) is 1.67. The van der Waals surface area contributed by atoms with Gasteiger partial charge in [-0.15, -0.1) is 0 Å². The molecule has 1 aromatic rings.